The Labute approximate surface area is 124 Å². The molecule has 22 heavy (non-hydrogen) atoms. The van der Waals surface area contributed by atoms with Crippen LogP contribution in [0.15, 0.2) is 18.3 Å². The second-order valence-corrected chi connectivity index (χ2v) is 4.75. The Hall–Kier alpha value is -2.32. The maximum absolute atomic E-state index is 12.2. The average molecular weight is 317 g/mol. The first kappa shape index (κ1) is 16.1. The van der Waals surface area contributed by atoms with E-state index in [9.17, 15) is 22.8 Å². The monoisotopic (exact) mass is 317 g/mol. The van der Waals surface area contributed by atoms with E-state index in [4.69, 9.17) is 0 Å². The first-order valence-corrected chi connectivity index (χ1v) is 6.55. The summed E-state index contributed by atoms with van der Waals surface area (Å²) >= 11 is 0. The van der Waals surface area contributed by atoms with E-state index in [0.29, 0.717) is 12.0 Å². The number of ether oxygens (including phenoxy) is 1. The molecule has 1 aliphatic rings. The van der Waals surface area contributed by atoms with Crippen LogP contribution in [0.1, 0.15) is 18.4 Å². The largest absolute Gasteiger partial charge is 0.468 e. The number of alkyl halides is 3. The fourth-order valence-corrected chi connectivity index (χ4v) is 1.96. The topological polar surface area (TPSA) is 80.3 Å². The molecule has 0 unspecified atom stereocenters. The molecule has 1 saturated heterocycles. The second kappa shape index (κ2) is 6.63. The van der Waals surface area contributed by atoms with Crippen LogP contribution in [0.4, 0.5) is 13.2 Å². The summed E-state index contributed by atoms with van der Waals surface area (Å²) in [5.41, 5.74) is 0.324. The van der Waals surface area contributed by atoms with Crippen molar-refractivity contribution < 1.29 is 27.5 Å². The molecule has 0 radical (unpaired) electrons. The number of hydrogen-bond donors (Lipinski definition) is 2. The number of halogens is 3. The summed E-state index contributed by atoms with van der Waals surface area (Å²) in [4.78, 5) is 26.6. The van der Waals surface area contributed by atoms with Crippen molar-refractivity contribution in [3.8, 4) is 5.88 Å². The molecular weight excluding hydrogens is 303 g/mol. The highest BCUT2D eigenvalue weighted by Crippen LogP contribution is 2.20. The van der Waals surface area contributed by atoms with Crippen molar-refractivity contribution in [1.29, 1.82) is 0 Å². The summed E-state index contributed by atoms with van der Waals surface area (Å²) in [7, 11) is 0. The molecular formula is C13H14F3N3O3. The van der Waals surface area contributed by atoms with Crippen LogP contribution >= 0.6 is 0 Å². The van der Waals surface area contributed by atoms with Gasteiger partial charge in [-0.1, -0.05) is 6.07 Å². The van der Waals surface area contributed by atoms with Gasteiger partial charge in [0.25, 0.3) is 0 Å². The number of amides is 2. The van der Waals surface area contributed by atoms with Crippen LogP contribution in [0, 0.1) is 0 Å². The van der Waals surface area contributed by atoms with E-state index >= 15 is 0 Å². The normalized spacial score (nSPS) is 18.0. The van der Waals surface area contributed by atoms with Gasteiger partial charge in [-0.2, -0.15) is 13.2 Å². The van der Waals surface area contributed by atoms with Crippen LogP contribution in [0.25, 0.3) is 0 Å². The van der Waals surface area contributed by atoms with E-state index in [1.54, 1.807) is 0 Å². The summed E-state index contributed by atoms with van der Waals surface area (Å²) in [6.07, 6.45) is -2.49. The molecule has 0 saturated carbocycles. The highest BCUT2D eigenvalue weighted by Gasteiger charge is 2.29. The van der Waals surface area contributed by atoms with Crippen LogP contribution in [-0.4, -0.2) is 35.6 Å². The Morgan fingerprint density at radius 3 is 2.91 bits per heavy atom. The second-order valence-electron chi connectivity index (χ2n) is 4.75. The molecule has 1 aliphatic heterocycles. The average Bonchev–Trinajstić information content (AvgIpc) is 2.89. The Morgan fingerprint density at radius 2 is 2.27 bits per heavy atom. The van der Waals surface area contributed by atoms with Gasteiger partial charge in [-0.15, -0.1) is 0 Å². The lowest BCUT2D eigenvalue weighted by atomic mass is 10.2. The first-order valence-electron chi connectivity index (χ1n) is 6.55. The standard InChI is InChI=1S/C13H14F3N3O3/c14-13(15,16)7-22-12-8(2-1-5-17-12)6-18-11(21)9-3-4-10(20)19-9/h1-2,5,9H,3-4,6-7H2,(H,18,21)(H,19,20)/t9-/m1/s1. The third-order valence-corrected chi connectivity index (χ3v) is 2.99. The van der Waals surface area contributed by atoms with E-state index in [0.717, 1.165) is 0 Å². The predicted octanol–water partition coefficient (Wildman–Crippen LogP) is 0.917. The molecule has 1 aromatic rings. The zero-order chi connectivity index (χ0) is 16.2. The molecule has 2 rings (SSSR count). The quantitative estimate of drug-likeness (QED) is 0.846. The van der Waals surface area contributed by atoms with Gasteiger partial charge in [-0.05, 0) is 12.5 Å². The van der Waals surface area contributed by atoms with Gasteiger partial charge < -0.3 is 15.4 Å². The van der Waals surface area contributed by atoms with Crippen molar-refractivity contribution in [2.75, 3.05) is 6.61 Å². The van der Waals surface area contributed by atoms with Crippen molar-refractivity contribution in [3.05, 3.63) is 23.9 Å². The molecule has 2 heterocycles. The third-order valence-electron chi connectivity index (χ3n) is 2.99. The highest BCUT2D eigenvalue weighted by molar-refractivity contribution is 5.90. The molecule has 1 atom stereocenters. The lowest BCUT2D eigenvalue weighted by Gasteiger charge is -2.14. The van der Waals surface area contributed by atoms with Crippen molar-refractivity contribution in [2.24, 2.45) is 0 Å². The van der Waals surface area contributed by atoms with Gasteiger partial charge in [0.2, 0.25) is 17.7 Å². The molecule has 2 N–H and O–H groups in total. The molecule has 1 aromatic heterocycles. The van der Waals surface area contributed by atoms with Crippen molar-refractivity contribution in [1.82, 2.24) is 15.6 Å². The molecule has 2 amide bonds. The number of pyridine rings is 1. The van der Waals surface area contributed by atoms with E-state index in [1.165, 1.54) is 18.3 Å². The van der Waals surface area contributed by atoms with Gasteiger partial charge >= 0.3 is 6.18 Å². The van der Waals surface area contributed by atoms with Gasteiger partial charge in [0.1, 0.15) is 6.04 Å². The summed E-state index contributed by atoms with van der Waals surface area (Å²) < 4.78 is 41.1. The van der Waals surface area contributed by atoms with Crippen LogP contribution in [0.3, 0.4) is 0 Å². The minimum absolute atomic E-state index is 0.0355. The number of carbonyl (C=O) groups excluding carboxylic acids is 2. The van der Waals surface area contributed by atoms with Crippen molar-refractivity contribution >= 4 is 11.8 Å². The fraction of sp³-hybridized carbons (Fsp3) is 0.462. The fourth-order valence-electron chi connectivity index (χ4n) is 1.96. The Morgan fingerprint density at radius 1 is 1.50 bits per heavy atom. The molecule has 0 bridgehead atoms. The molecule has 1 fully saturated rings. The van der Waals surface area contributed by atoms with Gasteiger partial charge in [0, 0.05) is 24.7 Å². The summed E-state index contributed by atoms with van der Waals surface area (Å²) in [6, 6.07) is 2.43. The van der Waals surface area contributed by atoms with Crippen LogP contribution in [0.2, 0.25) is 0 Å². The maximum atomic E-state index is 12.2. The minimum Gasteiger partial charge on any atom is -0.468 e. The van der Waals surface area contributed by atoms with Gasteiger partial charge in [0.15, 0.2) is 6.61 Å². The smallest absolute Gasteiger partial charge is 0.422 e. The van der Waals surface area contributed by atoms with Crippen LogP contribution < -0.4 is 15.4 Å². The lowest BCUT2D eigenvalue weighted by Crippen LogP contribution is -2.41. The van der Waals surface area contributed by atoms with Crippen LogP contribution in [-0.2, 0) is 16.1 Å². The molecule has 9 heteroatoms. The molecule has 120 valence electrons. The molecule has 0 aromatic carbocycles. The maximum Gasteiger partial charge on any atom is 0.422 e. The van der Waals surface area contributed by atoms with Gasteiger partial charge in [0.05, 0.1) is 0 Å². The number of nitrogens with one attached hydrogen (secondary N) is 2. The SMILES string of the molecule is O=C1CC[C@H](C(=O)NCc2cccnc2OCC(F)(F)F)N1. The molecule has 0 aliphatic carbocycles. The minimum atomic E-state index is -4.47. The van der Waals surface area contributed by atoms with E-state index in [2.05, 4.69) is 20.4 Å². The summed E-state index contributed by atoms with van der Waals surface area (Å²) in [5, 5.41) is 5.05. The van der Waals surface area contributed by atoms with Gasteiger partial charge in [-0.25, -0.2) is 4.98 Å². The predicted molar refractivity (Wildman–Crippen MR) is 68.8 cm³/mol. The van der Waals surface area contributed by atoms with E-state index in [1.807, 2.05) is 0 Å². The van der Waals surface area contributed by atoms with Gasteiger partial charge in [-0.3, -0.25) is 9.59 Å². The first-order chi connectivity index (χ1) is 10.3. The summed E-state index contributed by atoms with van der Waals surface area (Å²) in [5.74, 6) is -0.775. The number of carbonyl (C=O) groups is 2. The zero-order valence-corrected chi connectivity index (χ0v) is 11.4. The number of aromatic nitrogens is 1. The third kappa shape index (κ3) is 4.61. The highest BCUT2D eigenvalue weighted by atomic mass is 19.4. The Balaban J connectivity index is 1.92. The van der Waals surface area contributed by atoms with E-state index in [-0.39, 0.29) is 24.8 Å². The Bertz CT molecular complexity index is 563. The van der Waals surface area contributed by atoms with Crippen molar-refractivity contribution in [3.63, 3.8) is 0 Å². The zero-order valence-electron chi connectivity index (χ0n) is 11.4. The lowest BCUT2D eigenvalue weighted by molar-refractivity contribution is -0.154. The van der Waals surface area contributed by atoms with E-state index < -0.39 is 24.7 Å². The van der Waals surface area contributed by atoms with Crippen LogP contribution in [0.5, 0.6) is 5.88 Å². The summed E-state index contributed by atoms with van der Waals surface area (Å²) in [6.45, 7) is -1.49. The molecule has 6 nitrogen and oxygen atoms in total. The Kier molecular flexibility index (Phi) is 4.84. The molecule has 0 spiro atoms. The number of nitrogens with zero attached hydrogens (tertiary/aromatic N) is 1. The van der Waals surface area contributed by atoms with Crippen molar-refractivity contribution in [2.45, 2.75) is 31.6 Å². The number of rotatable bonds is 5. The number of hydrogen-bond acceptors (Lipinski definition) is 4.